The van der Waals surface area contributed by atoms with Gasteiger partial charge in [-0.15, -0.1) is 0 Å². The Morgan fingerprint density at radius 2 is 1.62 bits per heavy atom. The van der Waals surface area contributed by atoms with Crippen molar-refractivity contribution in [1.29, 1.82) is 0 Å². The van der Waals surface area contributed by atoms with Crippen LogP contribution in [0.3, 0.4) is 0 Å². The summed E-state index contributed by atoms with van der Waals surface area (Å²) >= 11 is 0. The van der Waals surface area contributed by atoms with E-state index in [9.17, 15) is 13.2 Å². The van der Waals surface area contributed by atoms with Gasteiger partial charge in [-0.1, -0.05) is 30.9 Å². The maximum Gasteiger partial charge on any atom is 0.166 e. The standard InChI is InChI=1S/C24H15F3N2/c1-2-15-13-28-24(29-14-15)19-7-6-17(22(26)12-19)5-3-16-4-9-20-18(11-16)8-10-21(25)23(20)27/h4,6-14H,2H2,1H3. The van der Waals surface area contributed by atoms with Crippen LogP contribution in [0.1, 0.15) is 23.6 Å². The fourth-order valence-corrected chi connectivity index (χ4v) is 2.92. The molecule has 0 aliphatic heterocycles. The van der Waals surface area contributed by atoms with Crippen molar-refractivity contribution in [2.75, 3.05) is 0 Å². The predicted molar refractivity (Wildman–Crippen MR) is 107 cm³/mol. The lowest BCUT2D eigenvalue weighted by molar-refractivity contribution is 0.517. The Balaban J connectivity index is 1.62. The lowest BCUT2D eigenvalue weighted by Crippen LogP contribution is -1.93. The van der Waals surface area contributed by atoms with Gasteiger partial charge in [0.1, 0.15) is 5.82 Å². The highest BCUT2D eigenvalue weighted by molar-refractivity contribution is 5.84. The maximum atomic E-state index is 14.5. The Kier molecular flexibility index (Phi) is 5.01. The minimum absolute atomic E-state index is 0.181. The Morgan fingerprint density at radius 3 is 2.34 bits per heavy atom. The zero-order chi connectivity index (χ0) is 20.4. The molecule has 0 spiro atoms. The number of aryl methyl sites for hydroxylation is 1. The second-order valence-corrected chi connectivity index (χ2v) is 6.51. The van der Waals surface area contributed by atoms with Crippen molar-refractivity contribution in [3.63, 3.8) is 0 Å². The quantitative estimate of drug-likeness (QED) is 0.413. The average molecular weight is 388 g/mol. The minimum Gasteiger partial charge on any atom is -0.236 e. The van der Waals surface area contributed by atoms with Gasteiger partial charge in [-0.25, -0.2) is 23.1 Å². The topological polar surface area (TPSA) is 25.8 Å². The van der Waals surface area contributed by atoms with Crippen molar-refractivity contribution in [2.45, 2.75) is 13.3 Å². The molecule has 1 aromatic heterocycles. The zero-order valence-corrected chi connectivity index (χ0v) is 15.5. The first-order valence-corrected chi connectivity index (χ1v) is 9.06. The van der Waals surface area contributed by atoms with E-state index in [0.717, 1.165) is 18.1 Å². The Morgan fingerprint density at radius 1 is 0.828 bits per heavy atom. The highest BCUT2D eigenvalue weighted by Crippen LogP contribution is 2.22. The summed E-state index contributed by atoms with van der Waals surface area (Å²) in [6, 6.07) is 11.9. The van der Waals surface area contributed by atoms with Crippen molar-refractivity contribution in [3.05, 3.63) is 95.1 Å². The molecule has 0 radical (unpaired) electrons. The molecule has 4 aromatic rings. The van der Waals surface area contributed by atoms with Gasteiger partial charge in [-0.3, -0.25) is 0 Å². The van der Waals surface area contributed by atoms with Gasteiger partial charge in [-0.05, 0) is 53.8 Å². The van der Waals surface area contributed by atoms with E-state index in [0.29, 0.717) is 22.3 Å². The number of halogens is 3. The van der Waals surface area contributed by atoms with E-state index in [2.05, 4.69) is 21.8 Å². The molecule has 5 heteroatoms. The summed E-state index contributed by atoms with van der Waals surface area (Å²) in [5.41, 5.74) is 2.38. The largest absolute Gasteiger partial charge is 0.236 e. The first kappa shape index (κ1) is 18.7. The van der Waals surface area contributed by atoms with Crippen molar-refractivity contribution in [3.8, 4) is 23.2 Å². The number of nitrogens with zero attached hydrogens (tertiary/aromatic N) is 2. The molecule has 1 heterocycles. The summed E-state index contributed by atoms with van der Waals surface area (Å²) < 4.78 is 41.6. The molecule has 29 heavy (non-hydrogen) atoms. The first-order valence-electron chi connectivity index (χ1n) is 9.06. The van der Waals surface area contributed by atoms with Crippen LogP contribution >= 0.6 is 0 Å². The smallest absolute Gasteiger partial charge is 0.166 e. The second kappa shape index (κ2) is 7.76. The molecular weight excluding hydrogens is 373 g/mol. The normalized spacial score (nSPS) is 10.6. The zero-order valence-electron chi connectivity index (χ0n) is 15.5. The Bertz CT molecular complexity index is 1270. The number of hydrogen-bond acceptors (Lipinski definition) is 2. The third-order valence-electron chi connectivity index (χ3n) is 4.59. The van der Waals surface area contributed by atoms with E-state index < -0.39 is 17.5 Å². The van der Waals surface area contributed by atoms with Crippen LogP contribution in [0.25, 0.3) is 22.2 Å². The predicted octanol–water partition coefficient (Wildman–Crippen LogP) is 5.68. The monoisotopic (exact) mass is 388 g/mol. The van der Waals surface area contributed by atoms with Crippen molar-refractivity contribution < 1.29 is 13.2 Å². The van der Waals surface area contributed by atoms with Crippen molar-refractivity contribution >= 4 is 10.8 Å². The second-order valence-electron chi connectivity index (χ2n) is 6.51. The lowest BCUT2D eigenvalue weighted by Gasteiger charge is -2.03. The molecule has 0 aliphatic carbocycles. The maximum absolute atomic E-state index is 14.5. The molecule has 3 aromatic carbocycles. The van der Waals surface area contributed by atoms with Gasteiger partial charge < -0.3 is 0 Å². The van der Waals surface area contributed by atoms with Gasteiger partial charge in [0.05, 0.1) is 5.56 Å². The molecule has 0 saturated carbocycles. The highest BCUT2D eigenvalue weighted by Gasteiger charge is 2.08. The van der Waals surface area contributed by atoms with Gasteiger partial charge in [0.25, 0.3) is 0 Å². The van der Waals surface area contributed by atoms with Crippen LogP contribution in [-0.2, 0) is 6.42 Å². The van der Waals surface area contributed by atoms with Crippen molar-refractivity contribution in [2.24, 2.45) is 0 Å². The minimum atomic E-state index is -0.896. The summed E-state index contributed by atoms with van der Waals surface area (Å²) in [4.78, 5) is 8.51. The van der Waals surface area contributed by atoms with Crippen molar-refractivity contribution in [1.82, 2.24) is 9.97 Å². The number of benzene rings is 3. The third-order valence-corrected chi connectivity index (χ3v) is 4.59. The number of rotatable bonds is 2. The lowest BCUT2D eigenvalue weighted by atomic mass is 10.1. The van der Waals surface area contributed by atoms with Crippen LogP contribution < -0.4 is 0 Å². The fourth-order valence-electron chi connectivity index (χ4n) is 2.92. The van der Waals surface area contributed by atoms with Gasteiger partial charge in [-0.2, -0.15) is 0 Å². The average Bonchev–Trinajstić information content (AvgIpc) is 2.75. The third kappa shape index (κ3) is 3.83. The van der Waals surface area contributed by atoms with Gasteiger partial charge in [0.15, 0.2) is 17.5 Å². The molecule has 0 aliphatic rings. The summed E-state index contributed by atoms with van der Waals surface area (Å²) in [7, 11) is 0. The number of hydrogen-bond donors (Lipinski definition) is 0. The molecule has 0 saturated heterocycles. The molecule has 0 fully saturated rings. The Hall–Kier alpha value is -3.65. The van der Waals surface area contributed by atoms with Crippen LogP contribution in [-0.4, -0.2) is 9.97 Å². The van der Waals surface area contributed by atoms with E-state index in [1.807, 2.05) is 6.92 Å². The number of fused-ring (bicyclic) bond motifs is 1. The Labute approximate surface area is 166 Å². The molecule has 0 amide bonds. The molecule has 0 atom stereocenters. The summed E-state index contributed by atoms with van der Waals surface area (Å²) in [6.45, 7) is 2.01. The molecule has 142 valence electrons. The summed E-state index contributed by atoms with van der Waals surface area (Å²) in [5.74, 6) is 3.83. The van der Waals surface area contributed by atoms with E-state index >= 15 is 0 Å². The fraction of sp³-hybridized carbons (Fsp3) is 0.0833. The SMILES string of the molecule is CCc1cnc(-c2ccc(C#Cc3ccc4c(F)c(F)ccc4c3)c(F)c2)nc1. The van der Waals surface area contributed by atoms with E-state index in [4.69, 9.17) is 0 Å². The molecular formula is C24H15F3N2. The first-order chi connectivity index (χ1) is 14.0. The van der Waals surface area contributed by atoms with Crippen LogP contribution in [0, 0.1) is 29.3 Å². The molecule has 4 rings (SSSR count). The van der Waals surface area contributed by atoms with E-state index in [1.54, 1.807) is 36.7 Å². The summed E-state index contributed by atoms with van der Waals surface area (Å²) in [5, 5.41) is 0.708. The van der Waals surface area contributed by atoms with Gasteiger partial charge >= 0.3 is 0 Å². The van der Waals surface area contributed by atoms with Crippen LogP contribution in [0.5, 0.6) is 0 Å². The summed E-state index contributed by atoms with van der Waals surface area (Å²) in [6.07, 6.45) is 4.28. The van der Waals surface area contributed by atoms with E-state index in [-0.39, 0.29) is 10.9 Å². The van der Waals surface area contributed by atoms with Crippen LogP contribution in [0.15, 0.2) is 60.9 Å². The van der Waals surface area contributed by atoms with E-state index in [1.165, 1.54) is 18.2 Å². The molecule has 0 N–H and O–H groups in total. The van der Waals surface area contributed by atoms with Gasteiger partial charge in [0.2, 0.25) is 0 Å². The van der Waals surface area contributed by atoms with Gasteiger partial charge in [0, 0.05) is 28.9 Å². The highest BCUT2D eigenvalue weighted by atomic mass is 19.2. The van der Waals surface area contributed by atoms with Crippen LogP contribution in [0.2, 0.25) is 0 Å². The molecule has 0 bridgehead atoms. The molecule has 2 nitrogen and oxygen atoms in total. The molecule has 0 unspecified atom stereocenters. The number of aromatic nitrogens is 2. The van der Waals surface area contributed by atoms with Crippen LogP contribution in [0.4, 0.5) is 13.2 Å².